The van der Waals surface area contributed by atoms with Crippen molar-refractivity contribution in [2.45, 2.75) is 79.1 Å². The number of hydrogen-bond acceptors (Lipinski definition) is 2. The summed E-state index contributed by atoms with van der Waals surface area (Å²) >= 11 is 5.82. The number of aromatic hydroxyl groups is 1. The fourth-order valence-corrected chi connectivity index (χ4v) is 3.82. The molecule has 0 atom stereocenters. The smallest absolute Gasteiger partial charge is 0.417 e. The lowest BCUT2D eigenvalue weighted by Crippen LogP contribution is -2.42. The van der Waals surface area contributed by atoms with Gasteiger partial charge in [-0.15, -0.1) is 12.4 Å². The van der Waals surface area contributed by atoms with Gasteiger partial charge in [-0.3, -0.25) is 4.90 Å². The van der Waals surface area contributed by atoms with Crippen LogP contribution < -0.4 is 0 Å². The highest BCUT2D eigenvalue weighted by Gasteiger charge is 2.34. The average molecular weight is 506 g/mol. The molecule has 1 N–H and O–H groups in total. The van der Waals surface area contributed by atoms with E-state index in [0.717, 1.165) is 18.2 Å². The molecule has 0 spiro atoms. The molecule has 2 aromatic rings. The predicted octanol–water partition coefficient (Wildman–Crippen LogP) is 8.71. The second-order valence-electron chi connectivity index (χ2n) is 10.9. The van der Waals surface area contributed by atoms with Crippen molar-refractivity contribution in [1.82, 2.24) is 4.90 Å². The number of alkyl halides is 3. The Hall–Kier alpha value is -1.43. The fraction of sp³-hybridized carbons (Fsp3) is 0.538. The van der Waals surface area contributed by atoms with E-state index in [1.54, 1.807) is 6.07 Å². The second kappa shape index (κ2) is 10.5. The SMILES string of the molecule is CC(C)CN(Cc1cc(C(C)(C)C)cc(-c2ccc(Cl)c(C(F)(F)F)c2)c1O)C(C)(C)C.Cl. The Morgan fingerprint density at radius 2 is 1.55 bits per heavy atom. The van der Waals surface area contributed by atoms with Crippen molar-refractivity contribution in [3.05, 3.63) is 52.0 Å². The van der Waals surface area contributed by atoms with Gasteiger partial charge < -0.3 is 5.11 Å². The minimum atomic E-state index is -4.58. The predicted molar refractivity (Wildman–Crippen MR) is 135 cm³/mol. The van der Waals surface area contributed by atoms with Crippen molar-refractivity contribution in [3.8, 4) is 16.9 Å². The molecule has 2 nitrogen and oxygen atoms in total. The molecule has 186 valence electrons. The number of halogens is 5. The van der Waals surface area contributed by atoms with Crippen molar-refractivity contribution < 1.29 is 18.3 Å². The number of rotatable bonds is 5. The minimum absolute atomic E-state index is 0. The molecule has 0 saturated heterocycles. The van der Waals surface area contributed by atoms with E-state index in [1.165, 1.54) is 12.1 Å². The first kappa shape index (κ1) is 29.6. The van der Waals surface area contributed by atoms with Crippen LogP contribution in [-0.4, -0.2) is 22.1 Å². The van der Waals surface area contributed by atoms with Crippen LogP contribution in [0, 0.1) is 5.92 Å². The summed E-state index contributed by atoms with van der Waals surface area (Å²) in [5.41, 5.74) is 1.02. The van der Waals surface area contributed by atoms with Gasteiger partial charge in [0.1, 0.15) is 5.75 Å². The highest BCUT2D eigenvalue weighted by Crippen LogP contribution is 2.42. The summed E-state index contributed by atoms with van der Waals surface area (Å²) in [6.07, 6.45) is -4.58. The van der Waals surface area contributed by atoms with Crippen molar-refractivity contribution >= 4 is 24.0 Å². The van der Waals surface area contributed by atoms with Crippen molar-refractivity contribution in [2.75, 3.05) is 6.54 Å². The number of phenolic OH excluding ortho intramolecular Hbond substituents is 1. The molecule has 33 heavy (non-hydrogen) atoms. The molecule has 2 aromatic carbocycles. The van der Waals surface area contributed by atoms with E-state index in [1.807, 2.05) is 26.8 Å². The summed E-state index contributed by atoms with van der Waals surface area (Å²) < 4.78 is 40.4. The molecular formula is C26H36Cl2F3NO. The topological polar surface area (TPSA) is 23.5 Å². The van der Waals surface area contributed by atoms with Crippen LogP contribution in [0.15, 0.2) is 30.3 Å². The summed E-state index contributed by atoms with van der Waals surface area (Å²) in [6, 6.07) is 7.54. The van der Waals surface area contributed by atoms with Crippen LogP contribution in [0.2, 0.25) is 5.02 Å². The Morgan fingerprint density at radius 3 is 2.00 bits per heavy atom. The lowest BCUT2D eigenvalue weighted by Gasteiger charge is -2.37. The summed E-state index contributed by atoms with van der Waals surface area (Å²) in [5.74, 6) is 0.429. The maximum Gasteiger partial charge on any atom is 0.417 e. The first-order valence-electron chi connectivity index (χ1n) is 10.9. The van der Waals surface area contributed by atoms with Gasteiger partial charge in [-0.2, -0.15) is 13.2 Å². The quantitative estimate of drug-likeness (QED) is 0.438. The molecule has 0 aromatic heterocycles. The van der Waals surface area contributed by atoms with E-state index in [-0.39, 0.29) is 39.7 Å². The zero-order valence-corrected chi connectivity index (χ0v) is 22.3. The van der Waals surface area contributed by atoms with E-state index in [2.05, 4.69) is 39.5 Å². The zero-order chi connectivity index (χ0) is 24.6. The van der Waals surface area contributed by atoms with Gasteiger partial charge in [0.25, 0.3) is 0 Å². The van der Waals surface area contributed by atoms with Gasteiger partial charge in [-0.25, -0.2) is 0 Å². The van der Waals surface area contributed by atoms with Gasteiger partial charge in [0, 0.05) is 29.8 Å². The lowest BCUT2D eigenvalue weighted by atomic mass is 9.83. The maximum absolute atomic E-state index is 13.5. The minimum Gasteiger partial charge on any atom is -0.507 e. The molecule has 7 heteroatoms. The molecule has 0 unspecified atom stereocenters. The third-order valence-corrected chi connectivity index (χ3v) is 5.86. The molecule has 0 amide bonds. The number of nitrogens with zero attached hydrogens (tertiary/aromatic N) is 1. The molecule has 0 radical (unpaired) electrons. The third-order valence-electron chi connectivity index (χ3n) is 5.53. The summed E-state index contributed by atoms with van der Waals surface area (Å²) in [6.45, 7) is 18.1. The molecule has 2 rings (SSSR count). The first-order valence-corrected chi connectivity index (χ1v) is 11.3. The summed E-state index contributed by atoms with van der Waals surface area (Å²) in [4.78, 5) is 2.28. The summed E-state index contributed by atoms with van der Waals surface area (Å²) in [5, 5.41) is 10.8. The van der Waals surface area contributed by atoms with Gasteiger partial charge >= 0.3 is 6.18 Å². The molecule has 0 fully saturated rings. The zero-order valence-electron chi connectivity index (χ0n) is 20.7. The summed E-state index contributed by atoms with van der Waals surface area (Å²) in [7, 11) is 0. The number of benzene rings is 2. The Balaban J connectivity index is 0.00000544. The standard InChI is InChI=1S/C26H35ClF3NO.ClH/c1-16(2)14-31(25(6,7)8)15-18-11-19(24(3,4)5)13-20(23(18)32)17-9-10-22(27)21(12-17)26(28,29)30;/h9-13,16,32H,14-15H2,1-8H3;1H. The molecule has 0 saturated carbocycles. The highest BCUT2D eigenvalue weighted by atomic mass is 35.5. The molecule has 0 aliphatic rings. The van der Waals surface area contributed by atoms with E-state index in [9.17, 15) is 18.3 Å². The van der Waals surface area contributed by atoms with Crippen LogP contribution >= 0.6 is 24.0 Å². The Kier molecular flexibility index (Phi) is 9.38. The molecule has 0 bridgehead atoms. The molecule has 0 aliphatic carbocycles. The van der Waals surface area contributed by atoms with Crippen LogP contribution in [0.25, 0.3) is 11.1 Å². The molecule has 0 aliphatic heterocycles. The number of hydrogen-bond donors (Lipinski definition) is 1. The van der Waals surface area contributed by atoms with E-state index in [4.69, 9.17) is 11.6 Å². The fourth-order valence-electron chi connectivity index (χ4n) is 3.60. The molecular weight excluding hydrogens is 470 g/mol. The van der Waals surface area contributed by atoms with Crippen molar-refractivity contribution in [3.63, 3.8) is 0 Å². The van der Waals surface area contributed by atoms with Gasteiger partial charge in [-0.05, 0) is 61.4 Å². The lowest BCUT2D eigenvalue weighted by molar-refractivity contribution is -0.137. The van der Waals surface area contributed by atoms with Crippen molar-refractivity contribution in [1.29, 1.82) is 0 Å². The maximum atomic E-state index is 13.5. The van der Waals surface area contributed by atoms with E-state index >= 15 is 0 Å². The molecule has 0 heterocycles. The van der Waals surface area contributed by atoms with E-state index in [0.29, 0.717) is 23.6 Å². The third kappa shape index (κ3) is 7.53. The van der Waals surface area contributed by atoms with Crippen LogP contribution in [0.3, 0.4) is 0 Å². The Morgan fingerprint density at radius 1 is 0.970 bits per heavy atom. The van der Waals surface area contributed by atoms with E-state index < -0.39 is 11.7 Å². The van der Waals surface area contributed by atoms with Crippen LogP contribution in [0.5, 0.6) is 5.75 Å². The second-order valence-corrected chi connectivity index (χ2v) is 11.3. The largest absolute Gasteiger partial charge is 0.507 e. The van der Waals surface area contributed by atoms with Gasteiger partial charge in [0.2, 0.25) is 0 Å². The normalized spacial score (nSPS) is 12.9. The highest BCUT2D eigenvalue weighted by molar-refractivity contribution is 6.31. The monoisotopic (exact) mass is 505 g/mol. The first-order chi connectivity index (χ1) is 14.4. The van der Waals surface area contributed by atoms with Crippen LogP contribution in [0.4, 0.5) is 13.2 Å². The Bertz CT molecular complexity index is 958. The van der Waals surface area contributed by atoms with Crippen LogP contribution in [0.1, 0.15) is 72.1 Å². The number of phenols is 1. The van der Waals surface area contributed by atoms with Gasteiger partial charge in [0.15, 0.2) is 0 Å². The van der Waals surface area contributed by atoms with Gasteiger partial charge in [0.05, 0.1) is 10.6 Å². The van der Waals surface area contributed by atoms with Gasteiger partial charge in [-0.1, -0.05) is 58.4 Å². The average Bonchev–Trinajstić information content (AvgIpc) is 2.60. The van der Waals surface area contributed by atoms with Crippen LogP contribution in [-0.2, 0) is 18.1 Å². The van der Waals surface area contributed by atoms with Crippen molar-refractivity contribution in [2.24, 2.45) is 5.92 Å². The Labute approximate surface area is 207 Å².